The fourth-order valence-electron chi connectivity index (χ4n) is 3.71. The molecule has 0 radical (unpaired) electrons. The van der Waals surface area contributed by atoms with E-state index >= 15 is 0 Å². The van der Waals surface area contributed by atoms with E-state index in [-0.39, 0.29) is 10.9 Å². The zero-order valence-corrected chi connectivity index (χ0v) is 16.4. The number of primary amides is 1. The van der Waals surface area contributed by atoms with Crippen LogP contribution in [0.3, 0.4) is 0 Å². The number of carbonyl (C=O) groups excluding carboxylic acids is 1. The standard InChI is InChI=1S/C21H24N6O2/c1-2-10-27(25-11-6-7-12-25)21-23-13-16-18(28)17(19(22)29)14-26(20(16)24-21)15-8-4-3-5-9-15/h3-5,8-9,13-14H,2,6-7,10-12H2,1H3,(H2,22,29). The number of nitrogens with zero attached hydrogens (tertiary/aromatic N) is 5. The number of anilines is 1. The lowest BCUT2D eigenvalue weighted by Crippen LogP contribution is -2.42. The van der Waals surface area contributed by atoms with Crippen molar-refractivity contribution in [3.8, 4) is 5.69 Å². The van der Waals surface area contributed by atoms with Gasteiger partial charge in [-0.15, -0.1) is 0 Å². The third kappa shape index (κ3) is 3.58. The van der Waals surface area contributed by atoms with Gasteiger partial charge in [-0.3, -0.25) is 14.6 Å². The molecule has 150 valence electrons. The summed E-state index contributed by atoms with van der Waals surface area (Å²) in [5.74, 6) is -0.215. The van der Waals surface area contributed by atoms with E-state index in [9.17, 15) is 9.59 Å². The van der Waals surface area contributed by atoms with E-state index in [0.29, 0.717) is 11.6 Å². The Kier molecular flexibility index (Phi) is 5.26. The number of hydrogen-bond acceptors (Lipinski definition) is 6. The van der Waals surface area contributed by atoms with Crippen molar-refractivity contribution in [1.29, 1.82) is 0 Å². The van der Waals surface area contributed by atoms with E-state index < -0.39 is 11.3 Å². The molecule has 2 N–H and O–H groups in total. The van der Waals surface area contributed by atoms with Gasteiger partial charge in [-0.05, 0) is 31.4 Å². The number of benzene rings is 1. The molecule has 4 rings (SSSR count). The summed E-state index contributed by atoms with van der Waals surface area (Å²) in [6.07, 6.45) is 6.21. The van der Waals surface area contributed by atoms with E-state index in [1.54, 1.807) is 4.57 Å². The molecule has 1 amide bonds. The van der Waals surface area contributed by atoms with Gasteiger partial charge in [0, 0.05) is 37.7 Å². The molecule has 0 spiro atoms. The topological polar surface area (TPSA) is 97.3 Å². The maximum Gasteiger partial charge on any atom is 0.254 e. The third-order valence-electron chi connectivity index (χ3n) is 5.12. The van der Waals surface area contributed by atoms with Crippen molar-refractivity contribution in [2.45, 2.75) is 26.2 Å². The first-order chi connectivity index (χ1) is 14.1. The number of rotatable bonds is 6. The van der Waals surface area contributed by atoms with Gasteiger partial charge in [0.25, 0.3) is 5.91 Å². The molecule has 3 heterocycles. The molecule has 2 aromatic heterocycles. The zero-order chi connectivity index (χ0) is 20.4. The van der Waals surface area contributed by atoms with E-state index in [0.717, 1.165) is 44.6 Å². The van der Waals surface area contributed by atoms with Gasteiger partial charge in [-0.25, -0.2) is 9.99 Å². The average Bonchev–Trinajstić information content (AvgIpc) is 3.27. The second kappa shape index (κ2) is 8.00. The molecule has 0 saturated carbocycles. The van der Waals surface area contributed by atoms with Crippen molar-refractivity contribution in [2.24, 2.45) is 5.73 Å². The molecular weight excluding hydrogens is 368 g/mol. The number of fused-ring (bicyclic) bond motifs is 1. The van der Waals surface area contributed by atoms with Gasteiger partial charge in [0.1, 0.15) is 5.56 Å². The second-order valence-corrected chi connectivity index (χ2v) is 7.13. The molecule has 0 atom stereocenters. The average molecular weight is 392 g/mol. The molecule has 1 saturated heterocycles. The van der Waals surface area contributed by atoms with Gasteiger partial charge in [-0.1, -0.05) is 25.1 Å². The monoisotopic (exact) mass is 392 g/mol. The van der Waals surface area contributed by atoms with Crippen LogP contribution in [-0.4, -0.2) is 45.1 Å². The Morgan fingerprint density at radius 3 is 2.59 bits per heavy atom. The minimum absolute atomic E-state index is 0.0809. The number of para-hydroxylation sites is 1. The Morgan fingerprint density at radius 2 is 1.93 bits per heavy atom. The summed E-state index contributed by atoms with van der Waals surface area (Å²) in [5, 5.41) is 4.62. The highest BCUT2D eigenvalue weighted by Crippen LogP contribution is 2.21. The van der Waals surface area contributed by atoms with Crippen LogP contribution in [0.25, 0.3) is 16.7 Å². The molecule has 1 aromatic carbocycles. The summed E-state index contributed by atoms with van der Waals surface area (Å²) < 4.78 is 1.73. The van der Waals surface area contributed by atoms with E-state index in [2.05, 4.69) is 21.9 Å². The third-order valence-corrected chi connectivity index (χ3v) is 5.12. The van der Waals surface area contributed by atoms with Crippen molar-refractivity contribution in [2.75, 3.05) is 24.6 Å². The molecule has 29 heavy (non-hydrogen) atoms. The maximum absolute atomic E-state index is 12.8. The molecule has 1 aliphatic heterocycles. The highest BCUT2D eigenvalue weighted by Gasteiger charge is 2.23. The predicted molar refractivity (Wildman–Crippen MR) is 112 cm³/mol. The van der Waals surface area contributed by atoms with Crippen LogP contribution in [0, 0.1) is 0 Å². The van der Waals surface area contributed by atoms with E-state index in [1.807, 2.05) is 30.3 Å². The molecule has 3 aromatic rings. The first kappa shape index (κ1) is 19.1. The Balaban J connectivity index is 1.94. The molecular formula is C21H24N6O2. The maximum atomic E-state index is 12.8. The molecule has 0 bridgehead atoms. The quantitative estimate of drug-likeness (QED) is 0.690. The first-order valence-electron chi connectivity index (χ1n) is 9.90. The van der Waals surface area contributed by atoms with Crippen LogP contribution in [0.1, 0.15) is 36.5 Å². The summed E-state index contributed by atoms with van der Waals surface area (Å²) in [4.78, 5) is 33.9. The molecule has 0 unspecified atom stereocenters. The summed E-state index contributed by atoms with van der Waals surface area (Å²) in [6, 6.07) is 9.46. The van der Waals surface area contributed by atoms with E-state index in [1.165, 1.54) is 12.4 Å². The van der Waals surface area contributed by atoms with Crippen molar-refractivity contribution in [1.82, 2.24) is 19.5 Å². The lowest BCUT2D eigenvalue weighted by Gasteiger charge is -2.31. The number of amides is 1. The number of hydrogen-bond donors (Lipinski definition) is 1. The largest absolute Gasteiger partial charge is 0.365 e. The Hall–Kier alpha value is -3.26. The lowest BCUT2D eigenvalue weighted by atomic mass is 10.2. The number of aromatic nitrogens is 3. The highest BCUT2D eigenvalue weighted by atomic mass is 16.2. The van der Waals surface area contributed by atoms with Crippen LogP contribution >= 0.6 is 0 Å². The number of nitrogens with two attached hydrogens (primary N) is 1. The summed E-state index contributed by atoms with van der Waals surface area (Å²) in [6.45, 7) is 4.84. The first-order valence-corrected chi connectivity index (χ1v) is 9.90. The minimum Gasteiger partial charge on any atom is -0.365 e. The Bertz CT molecular complexity index is 1090. The fourth-order valence-corrected chi connectivity index (χ4v) is 3.71. The van der Waals surface area contributed by atoms with Gasteiger partial charge >= 0.3 is 0 Å². The molecule has 0 aliphatic carbocycles. The fraction of sp³-hybridized carbons (Fsp3) is 0.333. The van der Waals surface area contributed by atoms with Crippen LogP contribution in [-0.2, 0) is 0 Å². The van der Waals surface area contributed by atoms with Crippen LogP contribution in [0.4, 0.5) is 5.95 Å². The van der Waals surface area contributed by atoms with Crippen molar-refractivity contribution >= 4 is 22.9 Å². The minimum atomic E-state index is -0.768. The van der Waals surface area contributed by atoms with Crippen molar-refractivity contribution in [3.05, 3.63) is 58.5 Å². The van der Waals surface area contributed by atoms with Crippen molar-refractivity contribution < 1.29 is 4.79 Å². The summed E-state index contributed by atoms with van der Waals surface area (Å²) >= 11 is 0. The summed E-state index contributed by atoms with van der Waals surface area (Å²) in [5.41, 5.74) is 6.15. The van der Waals surface area contributed by atoms with Gasteiger partial charge < -0.3 is 10.3 Å². The Labute approximate surface area is 168 Å². The lowest BCUT2D eigenvalue weighted by molar-refractivity contribution is 0.0999. The second-order valence-electron chi connectivity index (χ2n) is 7.13. The van der Waals surface area contributed by atoms with Gasteiger partial charge in [0.05, 0.1) is 5.39 Å². The van der Waals surface area contributed by atoms with Crippen LogP contribution in [0.5, 0.6) is 0 Å². The van der Waals surface area contributed by atoms with Crippen LogP contribution in [0.2, 0.25) is 0 Å². The number of carbonyl (C=O) groups is 1. The number of pyridine rings is 1. The zero-order valence-electron chi connectivity index (χ0n) is 16.4. The SMILES string of the molecule is CCCN(c1ncc2c(=O)c(C(N)=O)cn(-c3ccccc3)c2n1)N1CCCC1. The van der Waals surface area contributed by atoms with Crippen LogP contribution < -0.4 is 16.2 Å². The Morgan fingerprint density at radius 1 is 1.21 bits per heavy atom. The molecule has 8 nitrogen and oxygen atoms in total. The van der Waals surface area contributed by atoms with E-state index in [4.69, 9.17) is 10.7 Å². The van der Waals surface area contributed by atoms with Gasteiger partial charge in [0.2, 0.25) is 11.4 Å². The number of hydrazine groups is 1. The molecule has 8 heteroatoms. The highest BCUT2D eigenvalue weighted by molar-refractivity contribution is 5.96. The van der Waals surface area contributed by atoms with Crippen LogP contribution in [0.15, 0.2) is 47.5 Å². The summed E-state index contributed by atoms with van der Waals surface area (Å²) in [7, 11) is 0. The molecule has 1 aliphatic rings. The predicted octanol–water partition coefficient (Wildman–Crippen LogP) is 2.11. The molecule has 1 fully saturated rings. The normalized spacial score (nSPS) is 14.4. The van der Waals surface area contributed by atoms with Gasteiger partial charge in [0.15, 0.2) is 5.65 Å². The van der Waals surface area contributed by atoms with Crippen molar-refractivity contribution in [3.63, 3.8) is 0 Å². The van der Waals surface area contributed by atoms with Gasteiger partial charge in [-0.2, -0.15) is 4.98 Å². The smallest absolute Gasteiger partial charge is 0.254 e.